The molecule has 0 aliphatic carbocycles. The fraction of sp³-hybridized carbons (Fsp3) is 0.167. The van der Waals surface area contributed by atoms with Crippen molar-refractivity contribution in [1.82, 2.24) is 5.32 Å². The Morgan fingerprint density at radius 2 is 2.33 bits per heavy atom. The van der Waals surface area contributed by atoms with E-state index in [-0.39, 0.29) is 0 Å². The highest BCUT2D eigenvalue weighted by molar-refractivity contribution is 5.74. The van der Waals surface area contributed by atoms with Crippen molar-refractivity contribution in [3.8, 4) is 0 Å². The summed E-state index contributed by atoms with van der Waals surface area (Å²) >= 11 is 0. The van der Waals surface area contributed by atoms with E-state index in [1.807, 2.05) is 0 Å². The second-order valence-electron chi connectivity index (χ2n) is 1.71. The number of carboxylic acids is 1. The van der Waals surface area contributed by atoms with E-state index >= 15 is 0 Å². The van der Waals surface area contributed by atoms with E-state index in [0.717, 1.165) is 0 Å². The molecule has 0 fully saturated rings. The minimum absolute atomic E-state index is 0.657. The van der Waals surface area contributed by atoms with Crippen LogP contribution in [0.4, 0.5) is 0 Å². The Balaban J connectivity index is 2.56. The van der Waals surface area contributed by atoms with E-state index in [2.05, 4.69) is 5.32 Å². The molecule has 0 saturated heterocycles. The van der Waals surface area contributed by atoms with Crippen molar-refractivity contribution in [2.45, 2.75) is 6.04 Å². The lowest BCUT2D eigenvalue weighted by atomic mass is 10.2. The zero-order chi connectivity index (χ0) is 6.69. The van der Waals surface area contributed by atoms with Crippen LogP contribution < -0.4 is 10.4 Å². The standard InChI is InChI=1S/C6H7NO2/c8-6(9)5-3-1-2-4-7-5/h1-5,7H,(H,8,9)/p-1. The van der Waals surface area contributed by atoms with Gasteiger partial charge >= 0.3 is 0 Å². The van der Waals surface area contributed by atoms with Crippen LogP contribution in [0, 0.1) is 0 Å². The Morgan fingerprint density at radius 3 is 2.67 bits per heavy atom. The first-order chi connectivity index (χ1) is 4.30. The van der Waals surface area contributed by atoms with Crippen LogP contribution in [0.1, 0.15) is 0 Å². The van der Waals surface area contributed by atoms with Gasteiger partial charge in [0.2, 0.25) is 0 Å². The molecule has 0 aromatic rings. The second-order valence-corrected chi connectivity index (χ2v) is 1.71. The fourth-order valence-corrected chi connectivity index (χ4v) is 0.592. The minimum atomic E-state index is -1.10. The summed E-state index contributed by atoms with van der Waals surface area (Å²) in [5.41, 5.74) is 0. The van der Waals surface area contributed by atoms with Gasteiger partial charge in [0.05, 0.1) is 12.0 Å². The number of rotatable bonds is 1. The van der Waals surface area contributed by atoms with Crippen molar-refractivity contribution in [2.75, 3.05) is 0 Å². The maximum Gasteiger partial charge on any atom is 0.0841 e. The highest BCUT2D eigenvalue weighted by atomic mass is 16.4. The second kappa shape index (κ2) is 2.35. The van der Waals surface area contributed by atoms with Crippen LogP contribution in [0.2, 0.25) is 0 Å². The normalized spacial score (nSPS) is 23.3. The number of carbonyl (C=O) groups excluding carboxylic acids is 1. The molecule has 0 aromatic carbocycles. The van der Waals surface area contributed by atoms with Gasteiger partial charge in [-0.3, -0.25) is 0 Å². The monoisotopic (exact) mass is 124 g/mol. The largest absolute Gasteiger partial charge is 0.548 e. The Morgan fingerprint density at radius 1 is 1.56 bits per heavy atom. The molecule has 1 unspecified atom stereocenters. The molecule has 0 aromatic heterocycles. The van der Waals surface area contributed by atoms with Crippen molar-refractivity contribution in [2.24, 2.45) is 0 Å². The Kier molecular flexibility index (Phi) is 1.53. The first-order valence-electron chi connectivity index (χ1n) is 2.61. The average Bonchev–Trinajstić information content (AvgIpc) is 1.90. The Bertz CT molecular complexity index is 172. The smallest absolute Gasteiger partial charge is 0.0841 e. The molecule has 0 saturated carbocycles. The van der Waals surface area contributed by atoms with Crippen molar-refractivity contribution >= 4 is 5.97 Å². The van der Waals surface area contributed by atoms with Crippen molar-refractivity contribution in [1.29, 1.82) is 0 Å². The fourth-order valence-electron chi connectivity index (χ4n) is 0.592. The number of carboxylic acid groups (broad SMARTS) is 1. The summed E-state index contributed by atoms with van der Waals surface area (Å²) in [7, 11) is 0. The maximum absolute atomic E-state index is 10.1. The van der Waals surface area contributed by atoms with Crippen molar-refractivity contribution in [3.63, 3.8) is 0 Å². The highest BCUT2D eigenvalue weighted by Crippen LogP contribution is 1.91. The van der Waals surface area contributed by atoms with Gasteiger partial charge in [-0.1, -0.05) is 12.2 Å². The molecule has 3 heteroatoms. The van der Waals surface area contributed by atoms with Crippen LogP contribution in [0.5, 0.6) is 0 Å². The molecule has 0 amide bonds. The van der Waals surface area contributed by atoms with Gasteiger partial charge in [-0.15, -0.1) is 0 Å². The lowest BCUT2D eigenvalue weighted by Crippen LogP contribution is -2.42. The quantitative estimate of drug-likeness (QED) is 0.476. The van der Waals surface area contributed by atoms with Gasteiger partial charge in [0, 0.05) is 0 Å². The summed E-state index contributed by atoms with van der Waals surface area (Å²) in [6, 6.07) is -0.657. The van der Waals surface area contributed by atoms with Crippen molar-refractivity contribution < 1.29 is 9.90 Å². The summed E-state index contributed by atoms with van der Waals surface area (Å²) in [4.78, 5) is 10.1. The topological polar surface area (TPSA) is 52.2 Å². The van der Waals surface area contributed by atoms with Gasteiger partial charge in [0.15, 0.2) is 0 Å². The highest BCUT2D eigenvalue weighted by Gasteiger charge is 2.02. The van der Waals surface area contributed by atoms with Crippen LogP contribution in [0.25, 0.3) is 0 Å². The number of carbonyl (C=O) groups is 1. The number of nitrogens with one attached hydrogen (secondary N) is 1. The summed E-state index contributed by atoms with van der Waals surface area (Å²) in [6.45, 7) is 0. The molecular formula is C6H6NO2-. The molecule has 48 valence electrons. The lowest BCUT2D eigenvalue weighted by Gasteiger charge is -2.15. The van der Waals surface area contributed by atoms with Crippen LogP contribution in [-0.2, 0) is 4.79 Å². The van der Waals surface area contributed by atoms with Crippen LogP contribution >= 0.6 is 0 Å². The molecule has 1 heterocycles. The number of dihydropyridines is 1. The molecule has 3 nitrogen and oxygen atoms in total. The predicted molar refractivity (Wildman–Crippen MR) is 30.2 cm³/mol. The van der Waals surface area contributed by atoms with Crippen LogP contribution in [0.15, 0.2) is 24.4 Å². The molecule has 1 aliphatic heterocycles. The molecule has 0 spiro atoms. The summed E-state index contributed by atoms with van der Waals surface area (Å²) in [5, 5.41) is 12.7. The molecule has 1 N–H and O–H groups in total. The summed E-state index contributed by atoms with van der Waals surface area (Å²) < 4.78 is 0. The Hall–Kier alpha value is -1.25. The van der Waals surface area contributed by atoms with E-state index < -0.39 is 12.0 Å². The number of aliphatic carboxylic acids is 1. The third-order valence-corrected chi connectivity index (χ3v) is 1.04. The SMILES string of the molecule is O=C([O-])C1C=CC=CN1. The Labute approximate surface area is 52.7 Å². The van der Waals surface area contributed by atoms with E-state index in [1.165, 1.54) is 6.08 Å². The third kappa shape index (κ3) is 1.32. The average molecular weight is 124 g/mol. The molecule has 0 radical (unpaired) electrons. The van der Waals surface area contributed by atoms with Gasteiger partial charge < -0.3 is 15.2 Å². The van der Waals surface area contributed by atoms with Gasteiger partial charge in [0.1, 0.15) is 0 Å². The molecule has 1 aliphatic rings. The third-order valence-electron chi connectivity index (χ3n) is 1.04. The van der Waals surface area contributed by atoms with Gasteiger partial charge in [-0.25, -0.2) is 0 Å². The molecule has 0 bridgehead atoms. The number of hydrogen-bond acceptors (Lipinski definition) is 3. The number of hydrogen-bond donors (Lipinski definition) is 1. The van der Waals surface area contributed by atoms with E-state index in [1.54, 1.807) is 18.4 Å². The zero-order valence-electron chi connectivity index (χ0n) is 4.70. The van der Waals surface area contributed by atoms with Gasteiger partial charge in [-0.2, -0.15) is 0 Å². The van der Waals surface area contributed by atoms with Crippen LogP contribution in [0.3, 0.4) is 0 Å². The maximum atomic E-state index is 10.1. The minimum Gasteiger partial charge on any atom is -0.548 e. The summed E-state index contributed by atoms with van der Waals surface area (Å²) in [5.74, 6) is -1.10. The van der Waals surface area contributed by atoms with E-state index in [4.69, 9.17) is 0 Å². The van der Waals surface area contributed by atoms with Crippen LogP contribution in [-0.4, -0.2) is 12.0 Å². The first kappa shape index (κ1) is 5.88. The predicted octanol–water partition coefficient (Wildman–Crippen LogP) is -1.22. The van der Waals surface area contributed by atoms with E-state index in [0.29, 0.717) is 0 Å². The van der Waals surface area contributed by atoms with Gasteiger partial charge in [0.25, 0.3) is 0 Å². The zero-order valence-corrected chi connectivity index (χ0v) is 4.70. The molecular weight excluding hydrogens is 118 g/mol. The lowest BCUT2D eigenvalue weighted by molar-refractivity contribution is -0.306. The first-order valence-corrected chi connectivity index (χ1v) is 2.61. The van der Waals surface area contributed by atoms with Crippen molar-refractivity contribution in [3.05, 3.63) is 24.4 Å². The number of allylic oxidation sites excluding steroid dienone is 2. The molecule has 1 rings (SSSR count). The summed E-state index contributed by atoms with van der Waals surface area (Å²) in [6.07, 6.45) is 6.48. The molecule has 1 atom stereocenters. The van der Waals surface area contributed by atoms with Gasteiger partial charge in [-0.05, 0) is 12.3 Å². The molecule has 9 heavy (non-hydrogen) atoms. The van der Waals surface area contributed by atoms with E-state index in [9.17, 15) is 9.90 Å².